The summed E-state index contributed by atoms with van der Waals surface area (Å²) in [4.78, 5) is 15.8. The molecule has 0 aliphatic carbocycles. The summed E-state index contributed by atoms with van der Waals surface area (Å²) in [5.74, 6) is 1.08. The quantitative estimate of drug-likeness (QED) is 0.474. The van der Waals surface area contributed by atoms with E-state index < -0.39 is 5.82 Å². The van der Waals surface area contributed by atoms with Crippen LogP contribution in [0.1, 0.15) is 22.9 Å². The van der Waals surface area contributed by atoms with E-state index in [0.717, 1.165) is 39.3 Å². The highest BCUT2D eigenvalue weighted by molar-refractivity contribution is 5.36. The molecule has 3 N–H and O–H groups in total. The highest BCUT2D eigenvalue weighted by Gasteiger charge is 2.21. The molecule has 2 fully saturated rings. The van der Waals surface area contributed by atoms with E-state index in [-0.39, 0.29) is 12.2 Å². The molecule has 3 aromatic rings. The maximum Gasteiger partial charge on any atom is 0.351 e. The molecule has 180 valence electrons. The third-order valence-corrected chi connectivity index (χ3v) is 6.45. The Hall–Kier alpha value is -3.05. The Bertz CT molecular complexity index is 1180. The zero-order valence-electron chi connectivity index (χ0n) is 19.3. The van der Waals surface area contributed by atoms with E-state index in [0.29, 0.717) is 35.3 Å². The molecular weight excluding hydrogens is 437 g/mol. The number of piperazine rings is 1. The van der Waals surface area contributed by atoms with Crippen molar-refractivity contribution in [1.29, 1.82) is 0 Å². The summed E-state index contributed by atoms with van der Waals surface area (Å²) in [6, 6.07) is 12.5. The number of hydrazine groups is 1. The Morgan fingerprint density at radius 1 is 1.06 bits per heavy atom. The monoisotopic (exact) mass is 467 g/mol. The maximum atomic E-state index is 14.1. The van der Waals surface area contributed by atoms with Gasteiger partial charge in [0.1, 0.15) is 17.4 Å². The van der Waals surface area contributed by atoms with Crippen molar-refractivity contribution >= 4 is 0 Å². The number of nitrogens with one attached hydrogen (secondary N) is 3. The third-order valence-electron chi connectivity index (χ3n) is 6.45. The van der Waals surface area contributed by atoms with Crippen LogP contribution >= 0.6 is 0 Å². The number of rotatable bonds is 7. The summed E-state index contributed by atoms with van der Waals surface area (Å²) in [7, 11) is 1.50. The normalized spacial score (nSPS) is 17.4. The van der Waals surface area contributed by atoms with Crippen molar-refractivity contribution in [2.75, 3.05) is 46.4 Å². The van der Waals surface area contributed by atoms with Crippen molar-refractivity contribution < 1.29 is 9.13 Å². The van der Waals surface area contributed by atoms with Crippen LogP contribution in [0.15, 0.2) is 47.3 Å². The molecule has 0 saturated carbocycles. The van der Waals surface area contributed by atoms with Crippen molar-refractivity contribution in [1.82, 2.24) is 35.4 Å². The van der Waals surface area contributed by atoms with Gasteiger partial charge in [0.05, 0.1) is 25.9 Å². The smallest absolute Gasteiger partial charge is 0.351 e. The largest absolute Gasteiger partial charge is 0.497 e. The van der Waals surface area contributed by atoms with Crippen molar-refractivity contribution in [3.05, 3.63) is 75.7 Å². The van der Waals surface area contributed by atoms with Gasteiger partial charge >= 0.3 is 5.69 Å². The van der Waals surface area contributed by atoms with Gasteiger partial charge in [-0.05, 0) is 35.4 Å². The Balaban J connectivity index is 1.48. The Kier molecular flexibility index (Phi) is 6.73. The van der Waals surface area contributed by atoms with Gasteiger partial charge in [0.25, 0.3) is 0 Å². The van der Waals surface area contributed by atoms with E-state index in [1.54, 1.807) is 10.6 Å². The first-order chi connectivity index (χ1) is 16.6. The molecule has 0 unspecified atom stereocenters. The lowest BCUT2D eigenvalue weighted by Crippen LogP contribution is -2.43. The average molecular weight is 468 g/mol. The summed E-state index contributed by atoms with van der Waals surface area (Å²) in [5, 5.41) is 8.06. The Morgan fingerprint density at radius 2 is 1.79 bits per heavy atom. The molecule has 2 aromatic carbocycles. The second-order valence-electron chi connectivity index (χ2n) is 8.77. The third kappa shape index (κ3) is 4.90. The summed E-state index contributed by atoms with van der Waals surface area (Å²) in [5.41, 5.74) is 8.62. The minimum absolute atomic E-state index is 0.214. The molecule has 0 spiro atoms. The van der Waals surface area contributed by atoms with Crippen LogP contribution in [0.5, 0.6) is 5.75 Å². The molecule has 5 rings (SSSR count). The van der Waals surface area contributed by atoms with E-state index in [1.807, 2.05) is 24.3 Å². The lowest BCUT2D eigenvalue weighted by Gasteiger charge is -2.26. The van der Waals surface area contributed by atoms with Gasteiger partial charge in [-0.25, -0.2) is 9.18 Å². The molecule has 34 heavy (non-hydrogen) atoms. The highest BCUT2D eigenvalue weighted by Crippen LogP contribution is 2.20. The summed E-state index contributed by atoms with van der Waals surface area (Å²) >= 11 is 0. The minimum atomic E-state index is -0.398. The summed E-state index contributed by atoms with van der Waals surface area (Å²) in [6.45, 7) is 6.08. The number of nitrogens with zero attached hydrogens (tertiary/aromatic N) is 4. The molecule has 9 nitrogen and oxygen atoms in total. The fourth-order valence-electron chi connectivity index (χ4n) is 4.55. The zero-order valence-corrected chi connectivity index (χ0v) is 19.3. The number of hydrogen-bond acceptors (Lipinski definition) is 7. The molecular formula is C24H30FN7O2. The highest BCUT2D eigenvalue weighted by atomic mass is 19.1. The SMILES string of the molecule is COc1cc(F)cc(Cn2c(CN3CCNCC3)nn(-c3ccc(C4CNNC4)cc3)c2=O)c1. The van der Waals surface area contributed by atoms with E-state index in [2.05, 4.69) is 21.1 Å². The molecule has 0 atom stereocenters. The number of ether oxygens (including phenoxy) is 1. The van der Waals surface area contributed by atoms with Gasteiger partial charge in [-0.3, -0.25) is 20.3 Å². The number of aromatic nitrogens is 3. The topological polar surface area (TPSA) is 88.4 Å². The first-order valence-corrected chi connectivity index (χ1v) is 11.6. The molecule has 1 aromatic heterocycles. The standard InChI is InChI=1S/C24H30FN7O2/c1-34-22-11-17(10-20(25)12-22)15-31-23(16-30-8-6-26-7-9-30)29-32(24(31)33)21-4-2-18(3-5-21)19-13-27-28-14-19/h2-5,10-12,19,26-28H,6-9,13-16H2,1H3. The molecule has 0 amide bonds. The van der Waals surface area contributed by atoms with Crippen LogP contribution in [0.25, 0.3) is 5.69 Å². The number of hydrogen-bond donors (Lipinski definition) is 3. The predicted octanol–water partition coefficient (Wildman–Crippen LogP) is 0.827. The van der Waals surface area contributed by atoms with Crippen LogP contribution in [0.4, 0.5) is 4.39 Å². The van der Waals surface area contributed by atoms with E-state index in [1.165, 1.54) is 29.5 Å². The van der Waals surface area contributed by atoms with Crippen LogP contribution in [0.2, 0.25) is 0 Å². The number of methoxy groups -OCH3 is 1. The Morgan fingerprint density at radius 3 is 2.50 bits per heavy atom. The second-order valence-corrected chi connectivity index (χ2v) is 8.77. The van der Waals surface area contributed by atoms with Crippen LogP contribution < -0.4 is 26.6 Å². The fraction of sp³-hybridized carbons (Fsp3) is 0.417. The van der Waals surface area contributed by atoms with Crippen LogP contribution in [-0.4, -0.2) is 65.6 Å². The Labute approximate surface area is 197 Å². The molecule has 2 aliphatic heterocycles. The van der Waals surface area contributed by atoms with Crippen molar-refractivity contribution in [3.8, 4) is 11.4 Å². The number of halogens is 1. The molecule has 0 radical (unpaired) electrons. The second kappa shape index (κ2) is 10.1. The molecule has 2 saturated heterocycles. The average Bonchev–Trinajstić information content (AvgIpc) is 3.49. The minimum Gasteiger partial charge on any atom is -0.497 e. The molecule has 2 aliphatic rings. The lowest BCUT2D eigenvalue weighted by molar-refractivity contribution is 0.225. The van der Waals surface area contributed by atoms with E-state index >= 15 is 0 Å². The van der Waals surface area contributed by atoms with Gasteiger partial charge in [-0.2, -0.15) is 4.68 Å². The first-order valence-electron chi connectivity index (χ1n) is 11.6. The first kappa shape index (κ1) is 22.7. The van der Waals surface area contributed by atoms with Gasteiger partial charge in [-0.15, -0.1) is 5.10 Å². The van der Waals surface area contributed by atoms with Gasteiger partial charge in [0.15, 0.2) is 0 Å². The van der Waals surface area contributed by atoms with Crippen molar-refractivity contribution in [2.24, 2.45) is 0 Å². The predicted molar refractivity (Wildman–Crippen MR) is 127 cm³/mol. The molecule has 10 heteroatoms. The molecule has 0 bridgehead atoms. The van der Waals surface area contributed by atoms with Crippen LogP contribution in [0, 0.1) is 5.82 Å². The fourth-order valence-corrected chi connectivity index (χ4v) is 4.55. The van der Waals surface area contributed by atoms with E-state index in [9.17, 15) is 9.18 Å². The van der Waals surface area contributed by atoms with Gasteiger partial charge in [0.2, 0.25) is 0 Å². The number of benzene rings is 2. The van der Waals surface area contributed by atoms with Crippen LogP contribution in [0.3, 0.4) is 0 Å². The van der Waals surface area contributed by atoms with E-state index in [4.69, 9.17) is 9.84 Å². The van der Waals surface area contributed by atoms with Crippen LogP contribution in [-0.2, 0) is 13.1 Å². The lowest BCUT2D eigenvalue weighted by atomic mass is 10.0. The van der Waals surface area contributed by atoms with Crippen molar-refractivity contribution in [3.63, 3.8) is 0 Å². The van der Waals surface area contributed by atoms with Gasteiger partial charge < -0.3 is 10.1 Å². The molecule has 3 heterocycles. The summed E-state index contributed by atoms with van der Waals surface area (Å²) in [6.07, 6.45) is 0. The van der Waals surface area contributed by atoms with Gasteiger partial charge in [0, 0.05) is 51.3 Å². The van der Waals surface area contributed by atoms with Crippen molar-refractivity contribution in [2.45, 2.75) is 19.0 Å². The van der Waals surface area contributed by atoms with Gasteiger partial charge in [-0.1, -0.05) is 12.1 Å². The summed E-state index contributed by atoms with van der Waals surface area (Å²) < 4.78 is 22.4. The maximum absolute atomic E-state index is 14.1. The zero-order chi connectivity index (χ0) is 23.5.